The predicted octanol–water partition coefficient (Wildman–Crippen LogP) is 7.45. The predicted molar refractivity (Wildman–Crippen MR) is 104 cm³/mol. The van der Waals surface area contributed by atoms with E-state index in [4.69, 9.17) is 4.74 Å². The summed E-state index contributed by atoms with van der Waals surface area (Å²) in [5.41, 5.74) is -0.386. The SMILES string of the molecule is CCCCOc1cc(C(F)(F)F)c(Cc2cc3ccccc3s2)cc1Br. The van der Waals surface area contributed by atoms with E-state index in [0.29, 0.717) is 11.1 Å². The molecule has 0 N–H and O–H groups in total. The number of fused-ring (bicyclic) bond motifs is 1. The molecule has 1 nitrogen and oxygen atoms in total. The van der Waals surface area contributed by atoms with Gasteiger partial charge in [0, 0.05) is 16.0 Å². The lowest BCUT2D eigenvalue weighted by Crippen LogP contribution is -2.10. The van der Waals surface area contributed by atoms with Crippen molar-refractivity contribution in [3.8, 4) is 5.75 Å². The van der Waals surface area contributed by atoms with E-state index in [-0.39, 0.29) is 17.7 Å². The number of thiophene rings is 1. The number of hydrogen-bond acceptors (Lipinski definition) is 2. The van der Waals surface area contributed by atoms with Gasteiger partial charge in [0.25, 0.3) is 0 Å². The molecule has 0 aliphatic carbocycles. The van der Waals surface area contributed by atoms with Gasteiger partial charge in [-0.3, -0.25) is 0 Å². The summed E-state index contributed by atoms with van der Waals surface area (Å²) in [6.07, 6.45) is -2.46. The van der Waals surface area contributed by atoms with Crippen LogP contribution in [0.25, 0.3) is 10.1 Å². The fourth-order valence-electron chi connectivity index (χ4n) is 2.75. The molecule has 0 saturated carbocycles. The molecular weight excluding hydrogens is 425 g/mol. The van der Waals surface area contributed by atoms with Crippen LogP contribution in [0, 0.1) is 0 Å². The molecular formula is C20H18BrF3OS. The molecule has 26 heavy (non-hydrogen) atoms. The minimum Gasteiger partial charge on any atom is -0.492 e. The van der Waals surface area contributed by atoms with Gasteiger partial charge in [-0.2, -0.15) is 13.2 Å². The Hall–Kier alpha value is -1.53. The summed E-state index contributed by atoms with van der Waals surface area (Å²) in [5.74, 6) is 0.242. The summed E-state index contributed by atoms with van der Waals surface area (Å²) in [6.45, 7) is 2.41. The van der Waals surface area contributed by atoms with Crippen LogP contribution in [0.5, 0.6) is 5.75 Å². The van der Waals surface area contributed by atoms with E-state index < -0.39 is 11.7 Å². The van der Waals surface area contributed by atoms with Crippen molar-refractivity contribution in [2.24, 2.45) is 0 Å². The molecule has 0 aliphatic rings. The van der Waals surface area contributed by atoms with Crippen LogP contribution in [-0.2, 0) is 12.6 Å². The molecule has 3 rings (SSSR count). The minimum atomic E-state index is -4.42. The van der Waals surface area contributed by atoms with Crippen molar-refractivity contribution in [1.29, 1.82) is 0 Å². The Bertz CT molecular complexity index is 869. The van der Waals surface area contributed by atoms with Gasteiger partial charge >= 0.3 is 6.18 Å². The molecule has 138 valence electrons. The number of unbranched alkanes of at least 4 members (excludes halogenated alkanes) is 1. The first kappa shape index (κ1) is 19.2. The number of alkyl halides is 3. The first-order chi connectivity index (χ1) is 12.4. The molecule has 0 bridgehead atoms. The molecule has 0 fully saturated rings. The molecule has 0 amide bonds. The van der Waals surface area contributed by atoms with Crippen molar-refractivity contribution in [2.75, 3.05) is 6.61 Å². The largest absolute Gasteiger partial charge is 0.492 e. The molecule has 3 aromatic rings. The van der Waals surface area contributed by atoms with E-state index in [1.165, 1.54) is 17.4 Å². The van der Waals surface area contributed by atoms with E-state index in [0.717, 1.165) is 33.9 Å². The van der Waals surface area contributed by atoms with Gasteiger partial charge < -0.3 is 4.74 Å². The monoisotopic (exact) mass is 442 g/mol. The Labute approximate surface area is 162 Å². The van der Waals surface area contributed by atoms with Gasteiger partial charge in [-0.15, -0.1) is 11.3 Å². The Morgan fingerprint density at radius 2 is 1.88 bits per heavy atom. The highest BCUT2D eigenvalue weighted by Gasteiger charge is 2.34. The standard InChI is InChI=1S/C20H18BrF3OS/c1-2-3-8-25-18-12-16(20(22,23)24)14(11-17(18)21)10-15-9-13-6-4-5-7-19(13)26-15/h4-7,9,11-12H,2-3,8,10H2,1H3. The highest BCUT2D eigenvalue weighted by Crippen LogP contribution is 2.40. The lowest BCUT2D eigenvalue weighted by atomic mass is 10.0. The van der Waals surface area contributed by atoms with Crippen LogP contribution in [0.15, 0.2) is 46.9 Å². The van der Waals surface area contributed by atoms with Gasteiger partial charge in [0.2, 0.25) is 0 Å². The van der Waals surface area contributed by atoms with Crippen molar-refractivity contribution >= 4 is 37.4 Å². The van der Waals surface area contributed by atoms with Crippen molar-refractivity contribution in [3.05, 3.63) is 62.9 Å². The summed E-state index contributed by atoms with van der Waals surface area (Å²) >= 11 is 4.88. The molecule has 0 aliphatic heterocycles. The normalized spacial score (nSPS) is 11.9. The van der Waals surface area contributed by atoms with Gasteiger partial charge in [-0.1, -0.05) is 31.5 Å². The van der Waals surface area contributed by atoms with E-state index in [2.05, 4.69) is 15.9 Å². The average Bonchev–Trinajstić information content (AvgIpc) is 2.98. The van der Waals surface area contributed by atoms with Gasteiger partial charge in [0.1, 0.15) is 5.75 Å². The smallest absolute Gasteiger partial charge is 0.416 e. The highest BCUT2D eigenvalue weighted by atomic mass is 79.9. The van der Waals surface area contributed by atoms with E-state index in [1.54, 1.807) is 0 Å². The molecule has 0 unspecified atom stereocenters. The number of ether oxygens (including phenoxy) is 1. The number of rotatable bonds is 6. The van der Waals surface area contributed by atoms with Crippen molar-refractivity contribution in [3.63, 3.8) is 0 Å². The second-order valence-electron chi connectivity index (χ2n) is 6.07. The molecule has 0 radical (unpaired) electrons. The maximum absolute atomic E-state index is 13.6. The molecule has 1 heterocycles. The Kier molecular flexibility index (Phi) is 5.92. The van der Waals surface area contributed by atoms with Gasteiger partial charge in [-0.25, -0.2) is 0 Å². The van der Waals surface area contributed by atoms with Gasteiger partial charge in [0.15, 0.2) is 0 Å². The van der Waals surface area contributed by atoms with Gasteiger partial charge in [0.05, 0.1) is 16.6 Å². The van der Waals surface area contributed by atoms with E-state index in [9.17, 15) is 13.2 Å². The maximum atomic E-state index is 13.6. The zero-order chi connectivity index (χ0) is 18.7. The second kappa shape index (κ2) is 8.01. The van der Waals surface area contributed by atoms with Gasteiger partial charge in [-0.05, 0) is 57.6 Å². The van der Waals surface area contributed by atoms with Crippen molar-refractivity contribution in [1.82, 2.24) is 0 Å². The molecule has 0 atom stereocenters. The quantitative estimate of drug-likeness (QED) is 0.360. The van der Waals surface area contributed by atoms with Crippen LogP contribution in [0.1, 0.15) is 35.8 Å². The Balaban J connectivity index is 1.95. The fourth-order valence-corrected chi connectivity index (χ4v) is 4.35. The third kappa shape index (κ3) is 4.41. The first-order valence-electron chi connectivity index (χ1n) is 8.38. The van der Waals surface area contributed by atoms with Crippen LogP contribution in [0.3, 0.4) is 0 Å². The lowest BCUT2D eigenvalue weighted by molar-refractivity contribution is -0.138. The summed E-state index contributed by atoms with van der Waals surface area (Å²) in [4.78, 5) is 0.906. The topological polar surface area (TPSA) is 9.23 Å². The zero-order valence-electron chi connectivity index (χ0n) is 14.2. The van der Waals surface area contributed by atoms with Crippen LogP contribution in [-0.4, -0.2) is 6.61 Å². The van der Waals surface area contributed by atoms with E-state index >= 15 is 0 Å². The molecule has 0 saturated heterocycles. The van der Waals surface area contributed by atoms with Crippen molar-refractivity contribution in [2.45, 2.75) is 32.4 Å². The summed E-state index contributed by atoms with van der Waals surface area (Å²) in [6, 6.07) is 12.4. The Morgan fingerprint density at radius 3 is 2.58 bits per heavy atom. The van der Waals surface area contributed by atoms with Crippen LogP contribution in [0.2, 0.25) is 0 Å². The molecule has 0 spiro atoms. The summed E-state index contributed by atoms with van der Waals surface area (Å²) in [5, 5.41) is 1.06. The zero-order valence-corrected chi connectivity index (χ0v) is 16.6. The fraction of sp³-hybridized carbons (Fsp3) is 0.300. The Morgan fingerprint density at radius 1 is 1.12 bits per heavy atom. The molecule has 6 heteroatoms. The minimum absolute atomic E-state index is 0.238. The molecule has 2 aromatic carbocycles. The average molecular weight is 443 g/mol. The summed E-state index contributed by atoms with van der Waals surface area (Å²) in [7, 11) is 0. The number of hydrogen-bond donors (Lipinski definition) is 0. The van der Waals surface area contributed by atoms with Crippen molar-refractivity contribution < 1.29 is 17.9 Å². The van der Waals surface area contributed by atoms with Crippen LogP contribution >= 0.6 is 27.3 Å². The highest BCUT2D eigenvalue weighted by molar-refractivity contribution is 9.10. The van der Waals surface area contributed by atoms with E-state index in [1.807, 2.05) is 37.3 Å². The second-order valence-corrected chi connectivity index (χ2v) is 8.09. The van der Waals surface area contributed by atoms with Crippen LogP contribution in [0.4, 0.5) is 13.2 Å². The lowest BCUT2D eigenvalue weighted by Gasteiger charge is -2.16. The third-order valence-corrected chi connectivity index (χ3v) is 5.80. The third-order valence-electron chi connectivity index (χ3n) is 4.06. The number of halogens is 4. The summed E-state index contributed by atoms with van der Waals surface area (Å²) < 4.78 is 47.9. The number of benzene rings is 2. The first-order valence-corrected chi connectivity index (χ1v) is 9.99. The molecule has 1 aromatic heterocycles. The van der Waals surface area contributed by atoms with Crippen LogP contribution < -0.4 is 4.74 Å². The maximum Gasteiger partial charge on any atom is 0.416 e.